The number of aromatic nitrogens is 4. The highest BCUT2D eigenvalue weighted by molar-refractivity contribution is 7.99. The van der Waals surface area contributed by atoms with E-state index >= 15 is 0 Å². The molecule has 0 bridgehead atoms. The molecule has 28 heavy (non-hydrogen) atoms. The fourth-order valence-corrected chi connectivity index (χ4v) is 6.41. The number of thioether (sulfide) groups is 1. The molecule has 0 spiro atoms. The standard InChI is InChI=1S/C16H16FN5O3S3/c1-22-14(9-4-5-28(24,25)8-9)20-21-16(22)26-7-13(23)19-15-18-11-3-2-10(17)6-12(11)27-15/h2-3,6,9H,4-5,7-8H2,1H3,(H,18,19,23). The van der Waals surface area contributed by atoms with E-state index in [2.05, 4.69) is 20.5 Å². The third-order valence-electron chi connectivity index (χ3n) is 4.40. The smallest absolute Gasteiger partial charge is 0.236 e. The van der Waals surface area contributed by atoms with Crippen molar-refractivity contribution in [3.05, 3.63) is 29.8 Å². The van der Waals surface area contributed by atoms with E-state index < -0.39 is 9.84 Å². The predicted molar refractivity (Wildman–Crippen MR) is 106 cm³/mol. The monoisotopic (exact) mass is 441 g/mol. The molecule has 1 unspecified atom stereocenters. The number of hydrogen-bond donors (Lipinski definition) is 1. The molecule has 4 rings (SSSR count). The number of fused-ring (bicyclic) bond motifs is 1. The maximum Gasteiger partial charge on any atom is 0.236 e. The third kappa shape index (κ3) is 4.03. The molecule has 0 radical (unpaired) electrons. The molecule has 1 amide bonds. The van der Waals surface area contributed by atoms with Gasteiger partial charge in [-0.2, -0.15) is 0 Å². The van der Waals surface area contributed by atoms with Gasteiger partial charge in [0.1, 0.15) is 11.6 Å². The van der Waals surface area contributed by atoms with Crippen LogP contribution < -0.4 is 5.32 Å². The van der Waals surface area contributed by atoms with Gasteiger partial charge in [0.2, 0.25) is 5.91 Å². The van der Waals surface area contributed by atoms with Crippen LogP contribution in [0.3, 0.4) is 0 Å². The Balaban J connectivity index is 1.38. The number of carbonyl (C=O) groups is 1. The number of anilines is 1. The Morgan fingerprint density at radius 3 is 3.00 bits per heavy atom. The highest BCUT2D eigenvalue weighted by Gasteiger charge is 2.32. The number of nitrogens with one attached hydrogen (secondary N) is 1. The number of nitrogens with zero attached hydrogens (tertiary/aromatic N) is 4. The molecular weight excluding hydrogens is 425 g/mol. The van der Waals surface area contributed by atoms with E-state index in [9.17, 15) is 17.6 Å². The van der Waals surface area contributed by atoms with Gasteiger partial charge in [0.15, 0.2) is 20.1 Å². The quantitative estimate of drug-likeness (QED) is 0.605. The SMILES string of the molecule is Cn1c(SCC(=O)Nc2nc3ccc(F)cc3s2)nnc1C1CCS(=O)(=O)C1. The summed E-state index contributed by atoms with van der Waals surface area (Å²) >= 11 is 2.41. The minimum atomic E-state index is -3.01. The molecule has 3 aromatic rings. The van der Waals surface area contributed by atoms with Crippen LogP contribution in [0.2, 0.25) is 0 Å². The van der Waals surface area contributed by atoms with E-state index in [1.54, 1.807) is 17.7 Å². The zero-order chi connectivity index (χ0) is 19.9. The molecule has 1 aliphatic rings. The van der Waals surface area contributed by atoms with E-state index in [4.69, 9.17) is 0 Å². The highest BCUT2D eigenvalue weighted by atomic mass is 32.2. The summed E-state index contributed by atoms with van der Waals surface area (Å²) in [6.45, 7) is 0. The molecule has 1 saturated heterocycles. The van der Waals surface area contributed by atoms with Gasteiger partial charge in [-0.1, -0.05) is 23.1 Å². The molecule has 0 saturated carbocycles. The first-order valence-electron chi connectivity index (χ1n) is 8.39. The molecule has 2 aromatic heterocycles. The Labute approximate surface area is 168 Å². The number of amides is 1. The van der Waals surface area contributed by atoms with Gasteiger partial charge in [-0.05, 0) is 24.6 Å². The Morgan fingerprint density at radius 2 is 2.25 bits per heavy atom. The second kappa shape index (κ2) is 7.41. The maximum absolute atomic E-state index is 13.3. The summed E-state index contributed by atoms with van der Waals surface area (Å²) in [7, 11) is -1.24. The number of hydrogen-bond acceptors (Lipinski definition) is 8. The van der Waals surface area contributed by atoms with Gasteiger partial charge in [0.05, 0.1) is 27.5 Å². The van der Waals surface area contributed by atoms with Crippen molar-refractivity contribution in [3.8, 4) is 0 Å². The Hall–Kier alpha value is -2.05. The van der Waals surface area contributed by atoms with Crippen LogP contribution in [0, 0.1) is 5.82 Å². The number of halogens is 1. The van der Waals surface area contributed by atoms with Crippen LogP contribution in [0.4, 0.5) is 9.52 Å². The fourth-order valence-electron chi connectivity index (χ4n) is 3.04. The van der Waals surface area contributed by atoms with E-state index in [1.807, 2.05) is 0 Å². The first-order valence-corrected chi connectivity index (χ1v) is 12.0. The van der Waals surface area contributed by atoms with Gasteiger partial charge in [0.25, 0.3) is 0 Å². The lowest BCUT2D eigenvalue weighted by atomic mass is 10.1. The van der Waals surface area contributed by atoms with Crippen LogP contribution >= 0.6 is 23.1 Å². The van der Waals surface area contributed by atoms with Crippen molar-refractivity contribution >= 4 is 54.2 Å². The van der Waals surface area contributed by atoms with Crippen LogP contribution in [0.15, 0.2) is 23.4 Å². The molecule has 8 nitrogen and oxygen atoms in total. The van der Waals surface area contributed by atoms with Crippen molar-refractivity contribution in [1.29, 1.82) is 0 Å². The molecule has 1 aromatic carbocycles. The Morgan fingerprint density at radius 1 is 1.43 bits per heavy atom. The molecular formula is C16H16FN5O3S3. The topological polar surface area (TPSA) is 107 Å². The van der Waals surface area contributed by atoms with Crippen molar-refractivity contribution in [2.45, 2.75) is 17.5 Å². The van der Waals surface area contributed by atoms with Crippen molar-refractivity contribution < 1.29 is 17.6 Å². The summed E-state index contributed by atoms with van der Waals surface area (Å²) in [6, 6.07) is 4.27. The summed E-state index contributed by atoms with van der Waals surface area (Å²) in [5.74, 6) is 0.199. The molecule has 148 valence electrons. The molecule has 0 aliphatic carbocycles. The molecule has 1 aliphatic heterocycles. The van der Waals surface area contributed by atoms with Gasteiger partial charge in [-0.25, -0.2) is 17.8 Å². The minimum Gasteiger partial charge on any atom is -0.309 e. The number of rotatable bonds is 5. The van der Waals surface area contributed by atoms with E-state index in [-0.39, 0.29) is 34.9 Å². The van der Waals surface area contributed by atoms with Crippen LogP contribution in [-0.4, -0.2) is 51.3 Å². The second-order valence-corrected chi connectivity index (χ2v) is 10.7. The number of benzene rings is 1. The minimum absolute atomic E-state index is 0.0856. The van der Waals surface area contributed by atoms with Crippen LogP contribution in [0.5, 0.6) is 0 Å². The van der Waals surface area contributed by atoms with Crippen molar-refractivity contribution in [1.82, 2.24) is 19.7 Å². The lowest BCUT2D eigenvalue weighted by molar-refractivity contribution is -0.113. The summed E-state index contributed by atoms with van der Waals surface area (Å²) in [6.07, 6.45) is 0.539. The molecule has 1 atom stereocenters. The normalized spacial score (nSPS) is 18.6. The van der Waals surface area contributed by atoms with Gasteiger partial charge < -0.3 is 9.88 Å². The number of carbonyl (C=O) groups excluding carboxylic acids is 1. The largest absolute Gasteiger partial charge is 0.309 e. The number of sulfone groups is 1. The zero-order valence-electron chi connectivity index (χ0n) is 14.8. The fraction of sp³-hybridized carbons (Fsp3) is 0.375. The van der Waals surface area contributed by atoms with Gasteiger partial charge >= 0.3 is 0 Å². The molecule has 3 heterocycles. The number of thiazole rings is 1. The average Bonchev–Trinajstić information content (AvgIpc) is 3.29. The average molecular weight is 442 g/mol. The van der Waals surface area contributed by atoms with Crippen molar-refractivity contribution in [2.75, 3.05) is 22.6 Å². The van der Waals surface area contributed by atoms with E-state index in [0.29, 0.717) is 32.7 Å². The first kappa shape index (κ1) is 19.3. The summed E-state index contributed by atoms with van der Waals surface area (Å²) in [4.78, 5) is 16.5. The van der Waals surface area contributed by atoms with Gasteiger partial charge in [0, 0.05) is 13.0 Å². The van der Waals surface area contributed by atoms with Crippen LogP contribution in [0.25, 0.3) is 10.2 Å². The van der Waals surface area contributed by atoms with E-state index in [1.165, 1.54) is 35.2 Å². The Bertz CT molecular complexity index is 1160. The lowest BCUT2D eigenvalue weighted by Gasteiger charge is -2.07. The summed E-state index contributed by atoms with van der Waals surface area (Å²) in [5.41, 5.74) is 0.624. The third-order valence-corrected chi connectivity index (χ3v) is 8.12. The second-order valence-electron chi connectivity index (χ2n) is 6.47. The summed E-state index contributed by atoms with van der Waals surface area (Å²) < 4.78 is 39.0. The highest BCUT2D eigenvalue weighted by Crippen LogP contribution is 2.30. The molecule has 1 fully saturated rings. The van der Waals surface area contributed by atoms with Gasteiger partial charge in [-0.3, -0.25) is 4.79 Å². The zero-order valence-corrected chi connectivity index (χ0v) is 17.2. The predicted octanol–water partition coefficient (Wildman–Crippen LogP) is 2.20. The first-order chi connectivity index (χ1) is 13.3. The van der Waals surface area contributed by atoms with Crippen molar-refractivity contribution in [3.63, 3.8) is 0 Å². The maximum atomic E-state index is 13.3. The molecule has 1 N–H and O–H groups in total. The van der Waals surface area contributed by atoms with Crippen molar-refractivity contribution in [2.24, 2.45) is 7.05 Å². The van der Waals surface area contributed by atoms with Gasteiger partial charge in [-0.15, -0.1) is 10.2 Å². The van der Waals surface area contributed by atoms with Crippen LogP contribution in [-0.2, 0) is 21.7 Å². The summed E-state index contributed by atoms with van der Waals surface area (Å²) in [5, 5.41) is 11.8. The van der Waals surface area contributed by atoms with Crippen LogP contribution in [0.1, 0.15) is 18.2 Å². The molecule has 12 heteroatoms. The van der Waals surface area contributed by atoms with E-state index in [0.717, 1.165) is 0 Å². The lowest BCUT2D eigenvalue weighted by Crippen LogP contribution is -2.14. The Kier molecular flexibility index (Phi) is 5.10.